The number of hydrogen-bond acceptors (Lipinski definition) is 2. The fraction of sp³-hybridized carbons (Fsp3) is 0.467. The van der Waals surface area contributed by atoms with Gasteiger partial charge < -0.3 is 4.90 Å². The van der Waals surface area contributed by atoms with Gasteiger partial charge in [-0.05, 0) is 31.4 Å². The van der Waals surface area contributed by atoms with Crippen LogP contribution in [0, 0.1) is 6.92 Å². The smallest absolute Gasteiger partial charge is 0.224 e. The van der Waals surface area contributed by atoms with Crippen LogP contribution < -0.4 is 0 Å². The van der Waals surface area contributed by atoms with Gasteiger partial charge in [-0.25, -0.2) is 0 Å². The van der Waals surface area contributed by atoms with E-state index in [0.29, 0.717) is 13.0 Å². The minimum atomic E-state index is 0.258. The predicted molar refractivity (Wildman–Crippen MR) is 74.9 cm³/mol. The number of carbonyl (C=O) groups excluding carboxylic acids is 1. The molecule has 0 aliphatic carbocycles. The number of benzene rings is 1. The number of carbonyl (C=O) groups is 1. The number of hydrogen-bond donors (Lipinski definition) is 0. The van der Waals surface area contributed by atoms with Crippen molar-refractivity contribution in [2.45, 2.75) is 32.7 Å². The van der Waals surface area contributed by atoms with Gasteiger partial charge in [0.05, 0.1) is 18.3 Å². The quantitative estimate of drug-likeness (QED) is 0.846. The first-order chi connectivity index (χ1) is 9.25. The molecule has 1 fully saturated rings. The van der Waals surface area contributed by atoms with E-state index in [9.17, 15) is 4.79 Å². The van der Waals surface area contributed by atoms with Crippen molar-refractivity contribution in [1.29, 1.82) is 0 Å². The van der Waals surface area contributed by atoms with E-state index >= 15 is 0 Å². The SMILES string of the molecule is Cc1cccc2c1cnn2CCC(=O)N1CCCC1. The van der Waals surface area contributed by atoms with E-state index in [0.717, 1.165) is 31.4 Å². The lowest BCUT2D eigenvalue weighted by Gasteiger charge is -2.15. The molecule has 2 aromatic rings. The van der Waals surface area contributed by atoms with E-state index in [1.807, 2.05) is 21.8 Å². The van der Waals surface area contributed by atoms with Crippen molar-refractivity contribution in [3.05, 3.63) is 30.0 Å². The van der Waals surface area contributed by atoms with Gasteiger partial charge in [0.2, 0.25) is 5.91 Å². The summed E-state index contributed by atoms with van der Waals surface area (Å²) in [6.45, 7) is 4.61. The molecule has 100 valence electrons. The molecule has 2 heterocycles. The van der Waals surface area contributed by atoms with E-state index in [-0.39, 0.29) is 5.91 Å². The summed E-state index contributed by atoms with van der Waals surface area (Å²) in [5.74, 6) is 0.258. The molecule has 1 saturated heterocycles. The molecular weight excluding hydrogens is 238 g/mol. The second-order valence-corrected chi connectivity index (χ2v) is 5.21. The third-order valence-electron chi connectivity index (χ3n) is 3.90. The summed E-state index contributed by atoms with van der Waals surface area (Å²) < 4.78 is 1.94. The van der Waals surface area contributed by atoms with Gasteiger partial charge in [0, 0.05) is 24.9 Å². The molecule has 4 heteroatoms. The Morgan fingerprint density at radius 1 is 1.32 bits per heavy atom. The lowest BCUT2D eigenvalue weighted by molar-refractivity contribution is -0.130. The highest BCUT2D eigenvalue weighted by Crippen LogP contribution is 2.18. The Kier molecular flexibility index (Phi) is 3.23. The van der Waals surface area contributed by atoms with Gasteiger partial charge in [0.25, 0.3) is 0 Å². The first-order valence-electron chi connectivity index (χ1n) is 6.94. The Morgan fingerprint density at radius 2 is 2.11 bits per heavy atom. The van der Waals surface area contributed by atoms with Gasteiger partial charge in [0.15, 0.2) is 0 Å². The average Bonchev–Trinajstić information content (AvgIpc) is 3.06. The molecule has 1 aliphatic rings. The summed E-state index contributed by atoms with van der Waals surface area (Å²) in [4.78, 5) is 14.0. The number of nitrogens with zero attached hydrogens (tertiary/aromatic N) is 3. The van der Waals surface area contributed by atoms with Gasteiger partial charge in [-0.15, -0.1) is 0 Å². The zero-order chi connectivity index (χ0) is 13.2. The van der Waals surface area contributed by atoms with Gasteiger partial charge in [-0.1, -0.05) is 12.1 Å². The highest BCUT2D eigenvalue weighted by molar-refractivity contribution is 5.82. The van der Waals surface area contributed by atoms with Gasteiger partial charge in [0.1, 0.15) is 0 Å². The van der Waals surface area contributed by atoms with E-state index in [4.69, 9.17) is 0 Å². The van der Waals surface area contributed by atoms with Crippen molar-refractivity contribution in [3.63, 3.8) is 0 Å². The molecule has 0 unspecified atom stereocenters. The number of likely N-dealkylation sites (tertiary alicyclic amines) is 1. The zero-order valence-electron chi connectivity index (χ0n) is 11.3. The molecule has 1 aromatic heterocycles. The Hall–Kier alpha value is -1.84. The maximum absolute atomic E-state index is 12.0. The maximum atomic E-state index is 12.0. The second kappa shape index (κ2) is 5.03. The largest absolute Gasteiger partial charge is 0.343 e. The van der Waals surface area contributed by atoms with Crippen LogP contribution in [-0.2, 0) is 11.3 Å². The topological polar surface area (TPSA) is 38.1 Å². The van der Waals surface area contributed by atoms with Crippen molar-refractivity contribution in [2.75, 3.05) is 13.1 Å². The summed E-state index contributed by atoms with van der Waals surface area (Å²) in [7, 11) is 0. The molecule has 0 bridgehead atoms. The average molecular weight is 257 g/mol. The Balaban J connectivity index is 1.71. The normalized spacial score (nSPS) is 15.3. The van der Waals surface area contributed by atoms with Gasteiger partial charge in [-0.2, -0.15) is 5.10 Å². The van der Waals surface area contributed by atoms with Crippen LogP contribution in [0.3, 0.4) is 0 Å². The summed E-state index contributed by atoms with van der Waals surface area (Å²) in [6.07, 6.45) is 4.74. The third-order valence-corrected chi connectivity index (χ3v) is 3.90. The highest BCUT2D eigenvalue weighted by atomic mass is 16.2. The predicted octanol–water partition coefficient (Wildman–Crippen LogP) is 2.36. The summed E-state index contributed by atoms with van der Waals surface area (Å²) in [6, 6.07) is 6.19. The number of aromatic nitrogens is 2. The Bertz CT molecular complexity index is 596. The molecule has 0 atom stereocenters. The van der Waals surface area contributed by atoms with Crippen LogP contribution in [-0.4, -0.2) is 33.7 Å². The van der Waals surface area contributed by atoms with Crippen molar-refractivity contribution >= 4 is 16.8 Å². The lowest BCUT2D eigenvalue weighted by Crippen LogP contribution is -2.28. The molecule has 19 heavy (non-hydrogen) atoms. The van der Waals surface area contributed by atoms with Crippen LogP contribution in [0.25, 0.3) is 10.9 Å². The molecular formula is C15H19N3O. The second-order valence-electron chi connectivity index (χ2n) is 5.21. The zero-order valence-corrected chi connectivity index (χ0v) is 11.3. The van der Waals surface area contributed by atoms with Crippen molar-refractivity contribution in [1.82, 2.24) is 14.7 Å². The van der Waals surface area contributed by atoms with Crippen molar-refractivity contribution < 1.29 is 4.79 Å². The van der Waals surface area contributed by atoms with Crippen molar-refractivity contribution in [3.8, 4) is 0 Å². The number of rotatable bonds is 3. The van der Waals surface area contributed by atoms with E-state index in [1.54, 1.807) is 0 Å². The van der Waals surface area contributed by atoms with E-state index < -0.39 is 0 Å². The van der Waals surface area contributed by atoms with E-state index in [1.165, 1.54) is 10.9 Å². The van der Waals surface area contributed by atoms with Crippen LogP contribution in [0.15, 0.2) is 24.4 Å². The first-order valence-corrected chi connectivity index (χ1v) is 6.94. The van der Waals surface area contributed by atoms with Crippen LogP contribution in [0.2, 0.25) is 0 Å². The Labute approximate surface area is 113 Å². The summed E-state index contributed by atoms with van der Waals surface area (Å²) in [5.41, 5.74) is 2.35. The lowest BCUT2D eigenvalue weighted by atomic mass is 10.1. The fourth-order valence-corrected chi connectivity index (χ4v) is 2.75. The molecule has 1 aliphatic heterocycles. The standard InChI is InChI=1S/C15H19N3O/c1-12-5-4-6-14-13(12)11-16-18(14)10-7-15(19)17-8-2-3-9-17/h4-6,11H,2-3,7-10H2,1H3. The molecule has 1 aromatic carbocycles. The maximum Gasteiger partial charge on any atom is 0.224 e. The van der Waals surface area contributed by atoms with Gasteiger partial charge in [-0.3, -0.25) is 9.48 Å². The van der Waals surface area contributed by atoms with Crippen LogP contribution >= 0.6 is 0 Å². The van der Waals surface area contributed by atoms with Crippen LogP contribution in [0.5, 0.6) is 0 Å². The highest BCUT2D eigenvalue weighted by Gasteiger charge is 2.17. The number of fused-ring (bicyclic) bond motifs is 1. The molecule has 0 N–H and O–H groups in total. The minimum absolute atomic E-state index is 0.258. The first kappa shape index (κ1) is 12.2. The van der Waals surface area contributed by atoms with Crippen LogP contribution in [0.1, 0.15) is 24.8 Å². The molecule has 3 rings (SSSR count). The molecule has 0 spiro atoms. The fourth-order valence-electron chi connectivity index (χ4n) is 2.75. The number of aryl methyl sites for hydroxylation is 2. The molecule has 0 radical (unpaired) electrons. The summed E-state index contributed by atoms with van der Waals surface area (Å²) in [5, 5.41) is 5.58. The van der Waals surface area contributed by atoms with Crippen molar-refractivity contribution in [2.24, 2.45) is 0 Å². The number of amides is 1. The van der Waals surface area contributed by atoms with Crippen LogP contribution in [0.4, 0.5) is 0 Å². The van der Waals surface area contributed by atoms with Gasteiger partial charge >= 0.3 is 0 Å². The molecule has 4 nitrogen and oxygen atoms in total. The third kappa shape index (κ3) is 2.35. The van der Waals surface area contributed by atoms with E-state index in [2.05, 4.69) is 24.2 Å². The molecule has 1 amide bonds. The monoisotopic (exact) mass is 257 g/mol. The molecule has 0 saturated carbocycles. The Morgan fingerprint density at radius 3 is 2.89 bits per heavy atom. The summed E-state index contributed by atoms with van der Waals surface area (Å²) >= 11 is 0. The minimum Gasteiger partial charge on any atom is -0.343 e.